The number of hydrogen-bond donors (Lipinski definition) is 4. The first-order valence-electron chi connectivity index (χ1n) is 10.8. The Kier molecular flexibility index (Phi) is 10.9. The zero-order valence-electron chi connectivity index (χ0n) is 18.4. The molecule has 14 heteroatoms. The highest BCUT2D eigenvalue weighted by Crippen LogP contribution is 2.29. The van der Waals surface area contributed by atoms with Gasteiger partial charge in [0.25, 0.3) is 0 Å². The van der Waals surface area contributed by atoms with Gasteiger partial charge in [-0.2, -0.15) is 5.10 Å². The van der Waals surface area contributed by atoms with E-state index < -0.39 is 5.91 Å². The van der Waals surface area contributed by atoms with E-state index in [2.05, 4.69) is 26.1 Å². The van der Waals surface area contributed by atoms with Crippen LogP contribution in [0.3, 0.4) is 0 Å². The summed E-state index contributed by atoms with van der Waals surface area (Å²) in [6.07, 6.45) is 4.73. The number of hydrazone groups is 1. The SMILES string of the molecule is NC(=O)CCC(=O)NC1=NNC(SCC(=O)NC[C@H]2CN(CC3C=C(Cl)C(Cl)=CC3)CCO2)S1. The minimum atomic E-state index is -0.533. The van der Waals surface area contributed by atoms with Gasteiger partial charge in [-0.25, -0.2) is 0 Å². The van der Waals surface area contributed by atoms with Gasteiger partial charge in [0.05, 0.1) is 28.5 Å². The first-order valence-corrected chi connectivity index (χ1v) is 13.5. The molecule has 2 heterocycles. The van der Waals surface area contributed by atoms with Crippen LogP contribution in [-0.4, -0.2) is 77.1 Å². The number of halogens is 2. The highest BCUT2D eigenvalue weighted by atomic mass is 35.5. The van der Waals surface area contributed by atoms with Crippen molar-refractivity contribution >= 4 is 69.6 Å². The number of morpholine rings is 1. The van der Waals surface area contributed by atoms with E-state index in [4.69, 9.17) is 33.7 Å². The fourth-order valence-corrected chi connectivity index (χ4v) is 5.75. The molecule has 0 bridgehead atoms. The van der Waals surface area contributed by atoms with Crippen LogP contribution in [0.1, 0.15) is 19.3 Å². The Hall–Kier alpha value is -1.44. The van der Waals surface area contributed by atoms with Gasteiger partial charge < -0.3 is 21.1 Å². The molecule has 1 fully saturated rings. The summed E-state index contributed by atoms with van der Waals surface area (Å²) in [5.41, 5.74) is 7.89. The van der Waals surface area contributed by atoms with Crippen molar-refractivity contribution in [2.75, 3.05) is 38.5 Å². The molecule has 10 nitrogen and oxygen atoms in total. The average molecular weight is 552 g/mol. The Labute approximate surface area is 216 Å². The van der Waals surface area contributed by atoms with Gasteiger partial charge in [0, 0.05) is 39.0 Å². The molecule has 2 aliphatic heterocycles. The quantitative estimate of drug-likeness (QED) is 0.317. The third kappa shape index (κ3) is 9.31. The Morgan fingerprint density at radius 2 is 2.12 bits per heavy atom. The standard InChI is InChI=1S/C20H28Cl2N6O4S2/c21-14-2-1-12(7-15(14)22)9-28-5-6-32-13(10-28)8-24-18(31)11-33-20-27-26-19(34-20)25-17(30)4-3-16(23)29/h2,7,12-13,20,27H,1,3-6,8-11H2,(H2,23,29)(H,24,31)(H,25,26,30)/t12?,13-,20?/m0/s1. The lowest BCUT2D eigenvalue weighted by Gasteiger charge is -2.35. The first-order chi connectivity index (χ1) is 16.3. The van der Waals surface area contributed by atoms with E-state index in [9.17, 15) is 14.4 Å². The van der Waals surface area contributed by atoms with Crippen LogP contribution in [0, 0.1) is 5.92 Å². The number of carbonyl (C=O) groups excluding carboxylic acids is 3. The van der Waals surface area contributed by atoms with Gasteiger partial charge in [0.2, 0.25) is 17.7 Å². The maximum Gasteiger partial charge on any atom is 0.230 e. The summed E-state index contributed by atoms with van der Waals surface area (Å²) in [6, 6.07) is 0. The Morgan fingerprint density at radius 1 is 1.29 bits per heavy atom. The molecule has 5 N–H and O–H groups in total. The molecule has 0 saturated carbocycles. The summed E-state index contributed by atoms with van der Waals surface area (Å²) in [5, 5.41) is 11.2. The van der Waals surface area contributed by atoms with Crippen molar-refractivity contribution in [2.24, 2.45) is 16.8 Å². The lowest BCUT2D eigenvalue weighted by Crippen LogP contribution is -2.48. The fraction of sp³-hybridized carbons (Fsp3) is 0.600. The number of amides is 3. The predicted octanol–water partition coefficient (Wildman–Crippen LogP) is 1.07. The second-order valence-corrected chi connectivity index (χ2v) is 11.2. The maximum atomic E-state index is 12.3. The molecule has 0 spiro atoms. The third-order valence-corrected chi connectivity index (χ3v) is 8.21. The average Bonchev–Trinajstić information content (AvgIpc) is 3.25. The molecule has 0 aromatic carbocycles. The molecule has 0 aromatic heterocycles. The number of thioether (sulfide) groups is 2. The van der Waals surface area contributed by atoms with Crippen molar-refractivity contribution in [3.8, 4) is 0 Å². The Morgan fingerprint density at radius 3 is 2.88 bits per heavy atom. The number of hydrogen-bond acceptors (Lipinski definition) is 9. The van der Waals surface area contributed by atoms with Gasteiger partial charge in [-0.3, -0.25) is 24.7 Å². The molecule has 2 unspecified atom stereocenters. The smallest absolute Gasteiger partial charge is 0.230 e. The largest absolute Gasteiger partial charge is 0.374 e. The molecule has 1 aliphatic carbocycles. The van der Waals surface area contributed by atoms with E-state index in [-0.39, 0.29) is 41.2 Å². The highest BCUT2D eigenvalue weighted by Gasteiger charge is 2.25. The molecule has 3 aliphatic rings. The molecule has 188 valence electrons. The van der Waals surface area contributed by atoms with Crippen LogP contribution in [0.15, 0.2) is 27.3 Å². The molecule has 0 aromatic rings. The number of allylic oxidation sites excluding steroid dienone is 3. The van der Waals surface area contributed by atoms with E-state index in [1.165, 1.54) is 23.5 Å². The summed E-state index contributed by atoms with van der Waals surface area (Å²) in [6.45, 7) is 3.49. The molecular formula is C20H28Cl2N6O4S2. The molecule has 1 saturated heterocycles. The molecule has 3 atom stereocenters. The minimum Gasteiger partial charge on any atom is -0.374 e. The number of nitrogens with two attached hydrogens (primary N) is 1. The lowest BCUT2D eigenvalue weighted by atomic mass is 9.99. The van der Waals surface area contributed by atoms with Gasteiger partial charge in [-0.05, 0) is 24.1 Å². The number of amidine groups is 1. The third-order valence-electron chi connectivity index (χ3n) is 5.15. The maximum absolute atomic E-state index is 12.3. The van der Waals surface area contributed by atoms with Crippen LogP contribution in [0.25, 0.3) is 0 Å². The summed E-state index contributed by atoms with van der Waals surface area (Å²) < 4.78 is 5.61. The molecular weight excluding hydrogens is 523 g/mol. The highest BCUT2D eigenvalue weighted by molar-refractivity contribution is 8.25. The second-order valence-electron chi connectivity index (χ2n) is 7.94. The van der Waals surface area contributed by atoms with Gasteiger partial charge in [0.1, 0.15) is 4.71 Å². The summed E-state index contributed by atoms with van der Waals surface area (Å²) in [5.74, 6) is -0.420. The zero-order valence-corrected chi connectivity index (χ0v) is 21.6. The van der Waals surface area contributed by atoms with E-state index in [1.54, 1.807) is 0 Å². The Balaban J connectivity index is 1.29. The molecule has 34 heavy (non-hydrogen) atoms. The van der Waals surface area contributed by atoms with Gasteiger partial charge in [-0.15, -0.1) is 11.8 Å². The van der Waals surface area contributed by atoms with Crippen LogP contribution in [0.5, 0.6) is 0 Å². The van der Waals surface area contributed by atoms with Crippen molar-refractivity contribution in [3.05, 3.63) is 22.2 Å². The number of nitrogens with one attached hydrogen (secondary N) is 3. The summed E-state index contributed by atoms with van der Waals surface area (Å²) in [7, 11) is 0. The number of rotatable bonds is 10. The summed E-state index contributed by atoms with van der Waals surface area (Å²) >= 11 is 14.8. The van der Waals surface area contributed by atoms with E-state index in [0.717, 1.165) is 26.1 Å². The number of carbonyl (C=O) groups is 3. The number of nitrogens with zero attached hydrogens (tertiary/aromatic N) is 2. The predicted molar refractivity (Wildman–Crippen MR) is 136 cm³/mol. The lowest BCUT2D eigenvalue weighted by molar-refractivity contribution is -0.124. The van der Waals surface area contributed by atoms with Crippen LogP contribution >= 0.6 is 46.7 Å². The Bertz CT molecular complexity index is 872. The topological polar surface area (TPSA) is 138 Å². The van der Waals surface area contributed by atoms with E-state index in [0.29, 0.717) is 34.3 Å². The second kappa shape index (κ2) is 13.6. The molecule has 3 amide bonds. The number of primary amides is 1. The van der Waals surface area contributed by atoms with Crippen LogP contribution in [-0.2, 0) is 19.1 Å². The normalized spacial score (nSPS) is 25.0. The molecule has 3 rings (SSSR count). The minimum absolute atomic E-state index is 0.00625. The van der Waals surface area contributed by atoms with Crippen LogP contribution in [0.4, 0.5) is 0 Å². The first kappa shape index (κ1) is 27.2. The van der Waals surface area contributed by atoms with E-state index >= 15 is 0 Å². The number of ether oxygens (including phenoxy) is 1. The van der Waals surface area contributed by atoms with Gasteiger partial charge in [0.15, 0.2) is 5.17 Å². The van der Waals surface area contributed by atoms with Crippen molar-refractivity contribution in [3.63, 3.8) is 0 Å². The van der Waals surface area contributed by atoms with Crippen LogP contribution in [0.2, 0.25) is 0 Å². The van der Waals surface area contributed by atoms with Gasteiger partial charge in [-0.1, -0.05) is 35.4 Å². The zero-order chi connectivity index (χ0) is 24.5. The fourth-order valence-electron chi connectivity index (χ4n) is 3.48. The van der Waals surface area contributed by atoms with E-state index in [1.807, 2.05) is 12.2 Å². The van der Waals surface area contributed by atoms with Crippen molar-refractivity contribution in [1.29, 1.82) is 0 Å². The monoisotopic (exact) mass is 550 g/mol. The molecule has 0 radical (unpaired) electrons. The van der Waals surface area contributed by atoms with Crippen LogP contribution < -0.4 is 21.8 Å². The van der Waals surface area contributed by atoms with Crippen molar-refractivity contribution < 1.29 is 19.1 Å². The summed E-state index contributed by atoms with van der Waals surface area (Å²) in [4.78, 5) is 37.1. The van der Waals surface area contributed by atoms with Gasteiger partial charge >= 0.3 is 0 Å². The van der Waals surface area contributed by atoms with Crippen molar-refractivity contribution in [2.45, 2.75) is 30.1 Å². The van der Waals surface area contributed by atoms with Crippen molar-refractivity contribution in [1.82, 2.24) is 21.0 Å².